The molecule has 0 radical (unpaired) electrons. The Morgan fingerprint density at radius 3 is 2.52 bits per heavy atom. The molecule has 0 atom stereocenters. The Kier molecular flexibility index (Phi) is 3.98. The van der Waals surface area contributed by atoms with Gasteiger partial charge >= 0.3 is 6.18 Å². The van der Waals surface area contributed by atoms with Gasteiger partial charge in [-0.1, -0.05) is 35.5 Å². The van der Waals surface area contributed by atoms with Crippen LogP contribution in [0.15, 0.2) is 65.7 Å². The lowest BCUT2D eigenvalue weighted by Gasteiger charge is -2.10. The van der Waals surface area contributed by atoms with Gasteiger partial charge in [0.15, 0.2) is 11.2 Å². The van der Waals surface area contributed by atoms with Crippen molar-refractivity contribution >= 4 is 11.2 Å². The number of alkyl halides is 3. The van der Waals surface area contributed by atoms with E-state index < -0.39 is 17.3 Å². The van der Waals surface area contributed by atoms with Crippen LogP contribution in [-0.4, -0.2) is 24.5 Å². The molecule has 0 aliphatic heterocycles. The maximum absolute atomic E-state index is 12.9. The molecule has 6 nitrogen and oxygen atoms in total. The summed E-state index contributed by atoms with van der Waals surface area (Å²) >= 11 is 0. The fourth-order valence-corrected chi connectivity index (χ4v) is 2.74. The van der Waals surface area contributed by atoms with Crippen LogP contribution in [0.2, 0.25) is 0 Å². The lowest BCUT2D eigenvalue weighted by atomic mass is 10.1. The van der Waals surface area contributed by atoms with Gasteiger partial charge in [0.05, 0.1) is 17.8 Å². The highest BCUT2D eigenvalue weighted by atomic mass is 19.4. The zero-order valence-corrected chi connectivity index (χ0v) is 13.8. The maximum atomic E-state index is 12.9. The number of hydrogen-bond donors (Lipinski definition) is 0. The Morgan fingerprint density at radius 2 is 1.78 bits per heavy atom. The van der Waals surface area contributed by atoms with Gasteiger partial charge in [0.1, 0.15) is 6.33 Å². The second-order valence-corrected chi connectivity index (χ2v) is 5.88. The molecule has 0 saturated heterocycles. The summed E-state index contributed by atoms with van der Waals surface area (Å²) in [5.41, 5.74) is 0.127. The van der Waals surface area contributed by atoms with Crippen molar-refractivity contribution in [1.82, 2.24) is 24.5 Å². The molecule has 0 saturated carbocycles. The normalized spacial score (nSPS) is 11.8. The molecule has 0 N–H and O–H groups in total. The van der Waals surface area contributed by atoms with Crippen LogP contribution in [-0.2, 0) is 12.7 Å². The van der Waals surface area contributed by atoms with Gasteiger partial charge in [-0.25, -0.2) is 4.98 Å². The monoisotopic (exact) mass is 371 g/mol. The predicted octanol–water partition coefficient (Wildman–Crippen LogP) is 3.04. The number of rotatable bonds is 3. The number of fused-ring (bicyclic) bond motifs is 1. The molecule has 4 aromatic rings. The van der Waals surface area contributed by atoms with E-state index in [1.807, 2.05) is 18.2 Å². The van der Waals surface area contributed by atoms with Crippen LogP contribution < -0.4 is 5.56 Å². The molecule has 0 spiro atoms. The Labute approximate surface area is 150 Å². The zero-order chi connectivity index (χ0) is 19.0. The van der Waals surface area contributed by atoms with Crippen molar-refractivity contribution in [3.05, 3.63) is 82.4 Å². The van der Waals surface area contributed by atoms with E-state index >= 15 is 0 Å². The second kappa shape index (κ2) is 6.35. The van der Waals surface area contributed by atoms with Crippen molar-refractivity contribution in [2.45, 2.75) is 12.7 Å². The van der Waals surface area contributed by atoms with Gasteiger partial charge in [-0.05, 0) is 29.8 Å². The van der Waals surface area contributed by atoms with Gasteiger partial charge in [-0.3, -0.25) is 9.36 Å². The molecule has 0 amide bonds. The average Bonchev–Trinajstić information content (AvgIpc) is 3.09. The molecule has 0 bridgehead atoms. The summed E-state index contributed by atoms with van der Waals surface area (Å²) in [5.74, 6) is 0. The summed E-state index contributed by atoms with van der Waals surface area (Å²) in [6, 6.07) is 13.9. The third-order valence-electron chi connectivity index (χ3n) is 4.04. The number of aromatic nitrogens is 5. The molecule has 0 unspecified atom stereocenters. The Balaban J connectivity index is 1.73. The fourth-order valence-electron chi connectivity index (χ4n) is 2.74. The summed E-state index contributed by atoms with van der Waals surface area (Å²) in [7, 11) is 0. The first-order chi connectivity index (χ1) is 12.9. The summed E-state index contributed by atoms with van der Waals surface area (Å²) in [5, 5.41) is 7.85. The minimum Gasteiger partial charge on any atom is -0.293 e. The van der Waals surface area contributed by atoms with Crippen molar-refractivity contribution < 1.29 is 13.2 Å². The van der Waals surface area contributed by atoms with E-state index in [0.717, 1.165) is 12.1 Å². The average molecular weight is 371 g/mol. The van der Waals surface area contributed by atoms with Crippen LogP contribution in [0.25, 0.3) is 16.9 Å². The molecule has 2 aromatic carbocycles. The largest absolute Gasteiger partial charge is 0.416 e. The highest BCUT2D eigenvalue weighted by Crippen LogP contribution is 2.29. The van der Waals surface area contributed by atoms with Crippen molar-refractivity contribution in [2.24, 2.45) is 0 Å². The summed E-state index contributed by atoms with van der Waals surface area (Å²) in [4.78, 5) is 16.9. The first kappa shape index (κ1) is 17.0. The molecular formula is C18H12F3N5O. The van der Waals surface area contributed by atoms with Crippen LogP contribution >= 0.6 is 0 Å². The van der Waals surface area contributed by atoms with Crippen LogP contribution in [0.4, 0.5) is 13.2 Å². The smallest absolute Gasteiger partial charge is 0.293 e. The summed E-state index contributed by atoms with van der Waals surface area (Å²) < 4.78 is 41.2. The van der Waals surface area contributed by atoms with Crippen molar-refractivity contribution in [3.63, 3.8) is 0 Å². The SMILES string of the molecule is O=c1c2nnn(-c3ccccc3)c2ncn1Cc1cccc(C(F)(F)F)c1. The second-order valence-electron chi connectivity index (χ2n) is 5.88. The molecular weight excluding hydrogens is 359 g/mol. The van der Waals surface area contributed by atoms with Crippen LogP contribution in [0.5, 0.6) is 0 Å². The van der Waals surface area contributed by atoms with Gasteiger partial charge < -0.3 is 0 Å². The van der Waals surface area contributed by atoms with E-state index in [2.05, 4.69) is 15.3 Å². The molecule has 2 aromatic heterocycles. The van der Waals surface area contributed by atoms with E-state index in [-0.39, 0.29) is 17.7 Å². The molecule has 0 fully saturated rings. The first-order valence-electron chi connectivity index (χ1n) is 7.96. The molecule has 136 valence electrons. The minimum absolute atomic E-state index is 0.0494. The fraction of sp³-hybridized carbons (Fsp3) is 0.111. The number of hydrogen-bond acceptors (Lipinski definition) is 4. The van der Waals surface area contributed by atoms with Gasteiger partial charge in [-0.15, -0.1) is 5.10 Å². The van der Waals surface area contributed by atoms with Crippen LogP contribution in [0.3, 0.4) is 0 Å². The van der Waals surface area contributed by atoms with E-state index in [1.54, 1.807) is 12.1 Å². The Bertz CT molecular complexity index is 1170. The quantitative estimate of drug-likeness (QED) is 0.555. The first-order valence-corrected chi connectivity index (χ1v) is 7.96. The lowest BCUT2D eigenvalue weighted by molar-refractivity contribution is -0.137. The standard InChI is InChI=1S/C18H12F3N5O/c19-18(20,21)13-6-4-5-12(9-13)10-25-11-22-16-15(17(25)27)23-24-26(16)14-7-2-1-3-8-14/h1-9,11H,10H2. The highest BCUT2D eigenvalue weighted by Gasteiger charge is 2.30. The molecule has 27 heavy (non-hydrogen) atoms. The number of nitrogens with zero attached hydrogens (tertiary/aromatic N) is 5. The molecule has 9 heteroatoms. The molecule has 0 aliphatic carbocycles. The van der Waals surface area contributed by atoms with Gasteiger partial charge in [-0.2, -0.15) is 17.9 Å². The molecule has 2 heterocycles. The van der Waals surface area contributed by atoms with Crippen molar-refractivity contribution in [2.75, 3.05) is 0 Å². The topological polar surface area (TPSA) is 65.6 Å². The third kappa shape index (κ3) is 3.19. The van der Waals surface area contributed by atoms with E-state index in [9.17, 15) is 18.0 Å². The van der Waals surface area contributed by atoms with E-state index in [1.165, 1.54) is 27.7 Å². The van der Waals surface area contributed by atoms with Gasteiger partial charge in [0.25, 0.3) is 5.56 Å². The highest BCUT2D eigenvalue weighted by molar-refractivity contribution is 5.70. The van der Waals surface area contributed by atoms with Gasteiger partial charge in [0, 0.05) is 0 Å². The summed E-state index contributed by atoms with van der Waals surface area (Å²) in [6.07, 6.45) is -3.16. The zero-order valence-electron chi connectivity index (χ0n) is 13.8. The van der Waals surface area contributed by atoms with E-state index in [4.69, 9.17) is 0 Å². The Morgan fingerprint density at radius 1 is 1.00 bits per heavy atom. The van der Waals surface area contributed by atoms with Crippen molar-refractivity contribution in [1.29, 1.82) is 0 Å². The third-order valence-corrected chi connectivity index (χ3v) is 4.04. The number of para-hydroxylation sites is 1. The number of benzene rings is 2. The lowest BCUT2D eigenvalue weighted by Crippen LogP contribution is -2.21. The molecule has 4 rings (SSSR count). The minimum atomic E-state index is -4.44. The van der Waals surface area contributed by atoms with E-state index in [0.29, 0.717) is 11.3 Å². The number of halogens is 3. The maximum Gasteiger partial charge on any atom is 0.416 e. The van der Waals surface area contributed by atoms with Crippen molar-refractivity contribution in [3.8, 4) is 5.69 Å². The van der Waals surface area contributed by atoms with Crippen LogP contribution in [0.1, 0.15) is 11.1 Å². The Hall–Kier alpha value is -3.49. The van der Waals surface area contributed by atoms with Crippen LogP contribution in [0, 0.1) is 0 Å². The summed E-state index contributed by atoms with van der Waals surface area (Å²) in [6.45, 7) is -0.0517. The molecule has 0 aliphatic rings. The predicted molar refractivity (Wildman–Crippen MR) is 91.5 cm³/mol. The van der Waals surface area contributed by atoms with Gasteiger partial charge in [0.2, 0.25) is 0 Å².